The fourth-order valence-electron chi connectivity index (χ4n) is 2.37. The Morgan fingerprint density at radius 2 is 1.87 bits per heavy atom. The Bertz CT molecular complexity index is 930. The highest BCUT2D eigenvalue weighted by Gasteiger charge is 2.08. The van der Waals surface area contributed by atoms with Gasteiger partial charge in [0.2, 0.25) is 0 Å². The molecular weight excluding hydrogens is 356 g/mol. The Morgan fingerprint density at radius 1 is 1.13 bits per heavy atom. The van der Waals surface area contributed by atoms with E-state index in [0.717, 1.165) is 20.9 Å². The van der Waals surface area contributed by atoms with Gasteiger partial charge in [0.25, 0.3) is 11.5 Å². The van der Waals surface area contributed by atoms with E-state index >= 15 is 0 Å². The van der Waals surface area contributed by atoms with Gasteiger partial charge in [-0.15, -0.1) is 0 Å². The van der Waals surface area contributed by atoms with Crippen LogP contribution in [0.25, 0.3) is 10.9 Å². The number of nitrogens with one attached hydrogen (secondary N) is 2. The van der Waals surface area contributed by atoms with E-state index in [4.69, 9.17) is 0 Å². The van der Waals surface area contributed by atoms with Crippen molar-refractivity contribution in [1.29, 1.82) is 0 Å². The van der Waals surface area contributed by atoms with Crippen LogP contribution in [0, 0.1) is 6.92 Å². The van der Waals surface area contributed by atoms with E-state index in [0.29, 0.717) is 11.1 Å². The molecule has 4 nitrogen and oxygen atoms in total. The van der Waals surface area contributed by atoms with Gasteiger partial charge in [-0.05, 0) is 54.3 Å². The zero-order chi connectivity index (χ0) is 16.4. The SMILES string of the molecule is Cc1ccc2cc(CNC(=O)c3ccc(Br)cc3)c(=O)[nH]c2c1. The molecule has 1 aromatic heterocycles. The summed E-state index contributed by atoms with van der Waals surface area (Å²) in [7, 11) is 0. The van der Waals surface area contributed by atoms with Crippen LogP contribution in [-0.2, 0) is 6.54 Å². The monoisotopic (exact) mass is 370 g/mol. The molecule has 116 valence electrons. The number of halogens is 1. The number of hydrogen-bond acceptors (Lipinski definition) is 2. The van der Waals surface area contributed by atoms with Gasteiger partial charge in [0.1, 0.15) is 0 Å². The Kier molecular flexibility index (Phi) is 4.30. The van der Waals surface area contributed by atoms with E-state index in [9.17, 15) is 9.59 Å². The van der Waals surface area contributed by atoms with E-state index in [1.807, 2.05) is 31.2 Å². The lowest BCUT2D eigenvalue weighted by molar-refractivity contribution is 0.0951. The Morgan fingerprint density at radius 3 is 2.61 bits per heavy atom. The standard InChI is InChI=1S/C18H15BrN2O2/c1-11-2-3-13-9-14(18(23)21-16(13)8-11)10-20-17(22)12-4-6-15(19)7-5-12/h2-9H,10H2,1H3,(H,20,22)(H,21,23). The molecule has 0 saturated heterocycles. The molecule has 0 bridgehead atoms. The molecule has 0 saturated carbocycles. The number of fused-ring (bicyclic) bond motifs is 1. The minimum Gasteiger partial charge on any atom is -0.348 e. The maximum absolute atomic E-state index is 12.1. The summed E-state index contributed by atoms with van der Waals surface area (Å²) in [5.41, 5.74) is 2.80. The average molecular weight is 371 g/mol. The van der Waals surface area contributed by atoms with Gasteiger partial charge in [0, 0.05) is 27.7 Å². The summed E-state index contributed by atoms with van der Waals surface area (Å²) in [5, 5.41) is 3.72. The van der Waals surface area contributed by atoms with Gasteiger partial charge in [-0.3, -0.25) is 9.59 Å². The summed E-state index contributed by atoms with van der Waals surface area (Å²) >= 11 is 3.33. The molecule has 0 radical (unpaired) electrons. The first-order chi connectivity index (χ1) is 11.0. The van der Waals surface area contributed by atoms with Crippen molar-refractivity contribution in [3.63, 3.8) is 0 Å². The number of aryl methyl sites for hydroxylation is 1. The van der Waals surface area contributed by atoms with E-state index in [1.54, 1.807) is 24.3 Å². The van der Waals surface area contributed by atoms with Crippen molar-refractivity contribution in [3.05, 3.63) is 80.0 Å². The van der Waals surface area contributed by atoms with Gasteiger partial charge >= 0.3 is 0 Å². The maximum Gasteiger partial charge on any atom is 0.253 e. The first-order valence-corrected chi connectivity index (χ1v) is 7.98. The van der Waals surface area contributed by atoms with E-state index in [2.05, 4.69) is 26.2 Å². The lowest BCUT2D eigenvalue weighted by atomic mass is 10.1. The lowest BCUT2D eigenvalue weighted by Crippen LogP contribution is -2.26. The fourth-order valence-corrected chi connectivity index (χ4v) is 2.63. The van der Waals surface area contributed by atoms with Gasteiger partial charge in [-0.2, -0.15) is 0 Å². The fraction of sp³-hybridized carbons (Fsp3) is 0.111. The van der Waals surface area contributed by atoms with Gasteiger partial charge in [0.05, 0.1) is 0 Å². The Labute approximate surface area is 141 Å². The predicted octanol–water partition coefficient (Wildman–Crippen LogP) is 3.53. The highest BCUT2D eigenvalue weighted by molar-refractivity contribution is 9.10. The van der Waals surface area contributed by atoms with Crippen molar-refractivity contribution >= 4 is 32.7 Å². The van der Waals surface area contributed by atoms with Gasteiger partial charge < -0.3 is 10.3 Å². The molecule has 0 fully saturated rings. The van der Waals surface area contributed by atoms with E-state index in [1.165, 1.54) is 0 Å². The third-order valence-electron chi connectivity index (χ3n) is 3.62. The van der Waals surface area contributed by atoms with Gasteiger partial charge in [-0.1, -0.05) is 28.1 Å². The lowest BCUT2D eigenvalue weighted by Gasteiger charge is -2.07. The third kappa shape index (κ3) is 3.51. The minimum atomic E-state index is -0.207. The molecule has 0 aliphatic rings. The highest BCUT2D eigenvalue weighted by Crippen LogP contribution is 2.13. The number of benzene rings is 2. The summed E-state index contributed by atoms with van der Waals surface area (Å²) in [6.45, 7) is 2.16. The smallest absolute Gasteiger partial charge is 0.253 e. The molecule has 3 rings (SSSR count). The van der Waals surface area contributed by atoms with Crippen LogP contribution >= 0.6 is 15.9 Å². The molecule has 0 aliphatic carbocycles. The Balaban J connectivity index is 1.80. The molecule has 0 atom stereocenters. The molecule has 0 aliphatic heterocycles. The van der Waals surface area contributed by atoms with Crippen molar-refractivity contribution in [2.24, 2.45) is 0 Å². The minimum absolute atomic E-state index is 0.181. The number of aromatic nitrogens is 1. The third-order valence-corrected chi connectivity index (χ3v) is 4.15. The number of rotatable bonds is 3. The summed E-state index contributed by atoms with van der Waals surface area (Å²) in [5.74, 6) is -0.207. The first kappa shape index (κ1) is 15.5. The normalized spacial score (nSPS) is 10.7. The van der Waals surface area contributed by atoms with Crippen molar-refractivity contribution in [3.8, 4) is 0 Å². The number of hydrogen-bond donors (Lipinski definition) is 2. The zero-order valence-electron chi connectivity index (χ0n) is 12.5. The van der Waals surface area contributed by atoms with Crippen LogP contribution in [0.2, 0.25) is 0 Å². The Hall–Kier alpha value is -2.40. The number of amides is 1. The summed E-state index contributed by atoms with van der Waals surface area (Å²) in [4.78, 5) is 27.1. The second kappa shape index (κ2) is 6.38. The summed E-state index contributed by atoms with van der Waals surface area (Å²) < 4.78 is 0.912. The highest BCUT2D eigenvalue weighted by atomic mass is 79.9. The molecule has 23 heavy (non-hydrogen) atoms. The number of carbonyl (C=O) groups excluding carboxylic acids is 1. The van der Waals surface area contributed by atoms with Crippen LogP contribution in [0.15, 0.2) is 57.8 Å². The van der Waals surface area contributed by atoms with Crippen LogP contribution in [0.4, 0.5) is 0 Å². The molecule has 5 heteroatoms. The van der Waals surface area contributed by atoms with Crippen LogP contribution in [-0.4, -0.2) is 10.9 Å². The van der Waals surface area contributed by atoms with Crippen LogP contribution in [0.1, 0.15) is 21.5 Å². The molecule has 3 aromatic rings. The molecule has 0 unspecified atom stereocenters. The largest absolute Gasteiger partial charge is 0.348 e. The van der Waals surface area contributed by atoms with Gasteiger partial charge in [-0.25, -0.2) is 0 Å². The zero-order valence-corrected chi connectivity index (χ0v) is 14.1. The topological polar surface area (TPSA) is 62.0 Å². The van der Waals surface area contributed by atoms with Crippen molar-refractivity contribution in [2.45, 2.75) is 13.5 Å². The summed E-state index contributed by atoms with van der Waals surface area (Å²) in [6.07, 6.45) is 0. The predicted molar refractivity (Wildman–Crippen MR) is 94.6 cm³/mol. The molecular formula is C18H15BrN2O2. The number of H-pyrrole nitrogens is 1. The second-order valence-electron chi connectivity index (χ2n) is 5.40. The van der Waals surface area contributed by atoms with E-state index in [-0.39, 0.29) is 18.0 Å². The maximum atomic E-state index is 12.1. The van der Waals surface area contributed by atoms with E-state index < -0.39 is 0 Å². The molecule has 0 spiro atoms. The average Bonchev–Trinajstić information content (AvgIpc) is 2.53. The van der Waals surface area contributed by atoms with Crippen molar-refractivity contribution in [1.82, 2.24) is 10.3 Å². The molecule has 1 heterocycles. The molecule has 2 N–H and O–H groups in total. The molecule has 1 amide bonds. The van der Waals surface area contributed by atoms with Crippen molar-refractivity contribution in [2.75, 3.05) is 0 Å². The first-order valence-electron chi connectivity index (χ1n) is 7.19. The number of aromatic amines is 1. The number of pyridine rings is 1. The molecule has 2 aromatic carbocycles. The summed E-state index contributed by atoms with van der Waals surface area (Å²) in [6, 6.07) is 14.8. The quantitative estimate of drug-likeness (QED) is 0.740. The van der Waals surface area contributed by atoms with Crippen LogP contribution in [0.3, 0.4) is 0 Å². The van der Waals surface area contributed by atoms with Crippen molar-refractivity contribution < 1.29 is 4.79 Å². The van der Waals surface area contributed by atoms with Crippen LogP contribution in [0.5, 0.6) is 0 Å². The van der Waals surface area contributed by atoms with Gasteiger partial charge in [0.15, 0.2) is 0 Å². The number of carbonyl (C=O) groups is 1. The van der Waals surface area contributed by atoms with Crippen LogP contribution < -0.4 is 10.9 Å². The second-order valence-corrected chi connectivity index (χ2v) is 6.32.